The molecule has 1 aromatic rings. The molecule has 0 bridgehead atoms. The molecule has 1 aliphatic rings. The Labute approximate surface area is 117 Å². The zero-order chi connectivity index (χ0) is 14.5. The van der Waals surface area contributed by atoms with Crippen LogP contribution in [-0.4, -0.2) is 29.2 Å². The van der Waals surface area contributed by atoms with Crippen molar-refractivity contribution in [2.24, 2.45) is 0 Å². The van der Waals surface area contributed by atoms with Crippen molar-refractivity contribution in [3.05, 3.63) is 59.7 Å². The molecule has 1 aromatic carbocycles. The van der Waals surface area contributed by atoms with Gasteiger partial charge in [-0.1, -0.05) is 30.3 Å². The number of benzene rings is 1. The van der Waals surface area contributed by atoms with Crippen molar-refractivity contribution in [2.75, 3.05) is 13.6 Å². The average Bonchev–Trinajstić information content (AvgIpc) is 2.83. The topological polar surface area (TPSA) is 71.1 Å². The second-order valence-electron chi connectivity index (χ2n) is 4.25. The van der Waals surface area contributed by atoms with Crippen LogP contribution in [-0.2, 0) is 0 Å². The van der Waals surface area contributed by atoms with Gasteiger partial charge in [-0.3, -0.25) is 4.79 Å². The Kier molecular flexibility index (Phi) is 3.83. The lowest BCUT2D eigenvalue weighted by atomic mass is 10.1. The molecule has 98 valence electrons. The van der Waals surface area contributed by atoms with Crippen LogP contribution in [0.1, 0.15) is 10.4 Å². The summed E-state index contributed by atoms with van der Waals surface area (Å²) in [5.41, 5.74) is 0.587. The van der Waals surface area contributed by atoms with E-state index < -0.39 is 0 Å². The van der Waals surface area contributed by atoms with Gasteiger partial charge in [-0.25, -0.2) is 0 Å². The molecule has 1 heterocycles. The standard InChI is InChI=1S/C15H12N4O/c1-18-7-8-19(15(18)13(9-16)10-17)11-14(20)12-5-3-2-4-6-12/h2-8H,11H2,1H3. The fraction of sp³-hybridized carbons (Fsp3) is 0.133. The lowest BCUT2D eigenvalue weighted by Gasteiger charge is -2.21. The maximum Gasteiger partial charge on any atom is 0.182 e. The Morgan fingerprint density at radius 3 is 2.40 bits per heavy atom. The molecule has 2 rings (SSSR count). The van der Waals surface area contributed by atoms with Crippen LogP contribution in [0.15, 0.2) is 54.1 Å². The highest BCUT2D eigenvalue weighted by Gasteiger charge is 2.23. The first-order valence-corrected chi connectivity index (χ1v) is 5.98. The van der Waals surface area contributed by atoms with E-state index in [-0.39, 0.29) is 17.9 Å². The summed E-state index contributed by atoms with van der Waals surface area (Å²) in [7, 11) is 1.73. The van der Waals surface area contributed by atoms with E-state index in [0.29, 0.717) is 11.4 Å². The molecule has 0 aliphatic carbocycles. The summed E-state index contributed by atoms with van der Waals surface area (Å²) in [6.45, 7) is 0.0903. The molecule has 5 nitrogen and oxygen atoms in total. The van der Waals surface area contributed by atoms with Gasteiger partial charge in [0.15, 0.2) is 11.4 Å². The second kappa shape index (κ2) is 5.73. The minimum Gasteiger partial charge on any atom is -0.334 e. The zero-order valence-corrected chi connectivity index (χ0v) is 10.9. The summed E-state index contributed by atoms with van der Waals surface area (Å²) in [6, 6.07) is 12.6. The van der Waals surface area contributed by atoms with Gasteiger partial charge in [-0.15, -0.1) is 0 Å². The van der Waals surface area contributed by atoms with Gasteiger partial charge >= 0.3 is 0 Å². The molecule has 20 heavy (non-hydrogen) atoms. The molecule has 0 amide bonds. The van der Waals surface area contributed by atoms with Gasteiger partial charge in [-0.05, 0) is 0 Å². The summed E-state index contributed by atoms with van der Waals surface area (Å²) in [4.78, 5) is 15.4. The molecule has 0 aromatic heterocycles. The van der Waals surface area contributed by atoms with Crippen LogP contribution < -0.4 is 0 Å². The highest BCUT2D eigenvalue weighted by molar-refractivity contribution is 5.97. The average molecular weight is 264 g/mol. The fourth-order valence-electron chi connectivity index (χ4n) is 1.97. The molecule has 0 fully saturated rings. The first kappa shape index (κ1) is 13.4. The van der Waals surface area contributed by atoms with Crippen LogP contribution in [0.3, 0.4) is 0 Å². The third kappa shape index (κ3) is 2.52. The Morgan fingerprint density at radius 2 is 1.80 bits per heavy atom. The summed E-state index contributed by atoms with van der Waals surface area (Å²) in [5.74, 6) is 0.359. The maximum absolute atomic E-state index is 12.2. The Morgan fingerprint density at radius 1 is 1.15 bits per heavy atom. The SMILES string of the molecule is CN1C=CN(CC(=O)c2ccccc2)C1=C(C#N)C#N. The number of carbonyl (C=O) groups excluding carboxylic acids is 1. The molecular formula is C15H12N4O. The lowest BCUT2D eigenvalue weighted by Crippen LogP contribution is -2.27. The number of hydrogen-bond acceptors (Lipinski definition) is 5. The Balaban J connectivity index is 2.24. The molecule has 0 N–H and O–H groups in total. The fourth-order valence-corrected chi connectivity index (χ4v) is 1.97. The summed E-state index contributed by atoms with van der Waals surface area (Å²) in [6.07, 6.45) is 3.40. The number of allylic oxidation sites excluding steroid dienone is 1. The van der Waals surface area contributed by atoms with Gasteiger partial charge in [0.2, 0.25) is 0 Å². The van der Waals surface area contributed by atoms with Crippen molar-refractivity contribution < 1.29 is 4.79 Å². The highest BCUT2D eigenvalue weighted by atomic mass is 16.1. The lowest BCUT2D eigenvalue weighted by molar-refractivity contribution is 0.0963. The molecule has 0 saturated heterocycles. The van der Waals surface area contributed by atoms with Crippen LogP contribution in [0.2, 0.25) is 0 Å². The van der Waals surface area contributed by atoms with E-state index in [2.05, 4.69) is 0 Å². The van der Waals surface area contributed by atoms with Gasteiger partial charge in [0.05, 0.1) is 6.54 Å². The van der Waals surface area contributed by atoms with Crippen LogP contribution >= 0.6 is 0 Å². The summed E-state index contributed by atoms with van der Waals surface area (Å²) >= 11 is 0. The number of rotatable bonds is 3. The van der Waals surface area contributed by atoms with Crippen molar-refractivity contribution in [3.63, 3.8) is 0 Å². The molecular weight excluding hydrogens is 252 g/mol. The van der Waals surface area contributed by atoms with Crippen molar-refractivity contribution in [1.82, 2.24) is 9.80 Å². The van der Waals surface area contributed by atoms with Gasteiger partial charge in [-0.2, -0.15) is 10.5 Å². The van der Waals surface area contributed by atoms with Gasteiger partial charge in [0, 0.05) is 25.0 Å². The number of carbonyl (C=O) groups is 1. The molecule has 0 atom stereocenters. The third-order valence-corrected chi connectivity index (χ3v) is 2.93. The molecule has 0 spiro atoms. The number of ketones is 1. The van der Waals surface area contributed by atoms with E-state index in [1.165, 1.54) is 0 Å². The number of nitrogens with zero attached hydrogens (tertiary/aromatic N) is 4. The smallest absolute Gasteiger partial charge is 0.182 e. The normalized spacial score (nSPS) is 13.1. The van der Waals surface area contributed by atoms with Crippen LogP contribution in [0.4, 0.5) is 0 Å². The highest BCUT2D eigenvalue weighted by Crippen LogP contribution is 2.21. The van der Waals surface area contributed by atoms with E-state index in [0.717, 1.165) is 0 Å². The summed E-state index contributed by atoms with van der Waals surface area (Å²) < 4.78 is 0. The van der Waals surface area contributed by atoms with Crippen LogP contribution in [0.25, 0.3) is 0 Å². The van der Waals surface area contributed by atoms with Crippen molar-refractivity contribution in [1.29, 1.82) is 10.5 Å². The Bertz CT molecular complexity index is 645. The quantitative estimate of drug-likeness (QED) is 0.615. The molecule has 1 aliphatic heterocycles. The minimum absolute atomic E-state index is 0.0154. The molecule has 0 unspecified atom stereocenters. The minimum atomic E-state index is -0.0710. The van der Waals surface area contributed by atoms with Crippen LogP contribution in [0, 0.1) is 22.7 Å². The Hall–Kier alpha value is -3.05. The first-order valence-electron chi connectivity index (χ1n) is 5.98. The van der Waals surface area contributed by atoms with Crippen molar-refractivity contribution in [2.45, 2.75) is 0 Å². The number of nitriles is 2. The maximum atomic E-state index is 12.2. The van der Waals surface area contributed by atoms with E-state index in [1.807, 2.05) is 18.2 Å². The number of hydrogen-bond donors (Lipinski definition) is 0. The first-order chi connectivity index (χ1) is 9.67. The van der Waals surface area contributed by atoms with Crippen molar-refractivity contribution in [3.8, 4) is 12.1 Å². The van der Waals surface area contributed by atoms with E-state index in [1.54, 1.807) is 53.5 Å². The monoisotopic (exact) mass is 264 g/mol. The molecule has 5 heteroatoms. The third-order valence-electron chi connectivity index (χ3n) is 2.93. The molecule has 0 saturated carbocycles. The van der Waals surface area contributed by atoms with Gasteiger partial charge in [0.1, 0.15) is 18.0 Å². The van der Waals surface area contributed by atoms with E-state index in [4.69, 9.17) is 10.5 Å². The van der Waals surface area contributed by atoms with E-state index in [9.17, 15) is 4.79 Å². The van der Waals surface area contributed by atoms with E-state index >= 15 is 0 Å². The predicted octanol–water partition coefficient (Wildman–Crippen LogP) is 1.85. The second-order valence-corrected chi connectivity index (χ2v) is 4.25. The summed E-state index contributed by atoms with van der Waals surface area (Å²) in [5, 5.41) is 18.0. The zero-order valence-electron chi connectivity index (χ0n) is 10.9. The van der Waals surface area contributed by atoms with Gasteiger partial charge < -0.3 is 9.80 Å². The number of Topliss-reactive ketones (excluding diaryl/α,β-unsaturated/α-hetero) is 1. The predicted molar refractivity (Wildman–Crippen MR) is 72.6 cm³/mol. The van der Waals surface area contributed by atoms with Crippen molar-refractivity contribution >= 4 is 5.78 Å². The largest absolute Gasteiger partial charge is 0.334 e. The van der Waals surface area contributed by atoms with Gasteiger partial charge in [0.25, 0.3) is 0 Å². The van der Waals surface area contributed by atoms with Crippen LogP contribution in [0.5, 0.6) is 0 Å². The molecule has 0 radical (unpaired) electrons.